The maximum atomic E-state index is 11.3. The van der Waals surface area contributed by atoms with E-state index in [0.29, 0.717) is 18.1 Å². The molecule has 0 saturated carbocycles. The van der Waals surface area contributed by atoms with Crippen molar-refractivity contribution >= 4 is 17.5 Å². The van der Waals surface area contributed by atoms with Crippen LogP contribution in [0.2, 0.25) is 5.02 Å². The molecule has 1 aliphatic heterocycles. The minimum absolute atomic E-state index is 0.195. The van der Waals surface area contributed by atoms with Gasteiger partial charge in [0.1, 0.15) is 6.61 Å². The van der Waals surface area contributed by atoms with Gasteiger partial charge in [-0.2, -0.15) is 0 Å². The number of hydrogen-bond acceptors (Lipinski definition) is 4. The van der Waals surface area contributed by atoms with E-state index in [9.17, 15) is 4.79 Å². The number of nitrogens with zero attached hydrogens (tertiary/aromatic N) is 3. The lowest BCUT2D eigenvalue weighted by atomic mass is 10.2. The Labute approximate surface area is 111 Å². The fraction of sp³-hybridized carbons (Fsp3) is 0.500. The fourth-order valence-electron chi connectivity index (χ4n) is 1.98. The summed E-state index contributed by atoms with van der Waals surface area (Å²) in [6.07, 6.45) is 1.64. The van der Waals surface area contributed by atoms with Crippen LogP contribution in [0.15, 0.2) is 18.3 Å². The molecule has 1 N–H and O–H groups in total. The van der Waals surface area contributed by atoms with Crippen LogP contribution in [0.3, 0.4) is 0 Å². The Balaban J connectivity index is 1.83. The third-order valence-electron chi connectivity index (χ3n) is 3.03. The molecule has 0 aromatic carbocycles. The van der Waals surface area contributed by atoms with Crippen LogP contribution in [0.25, 0.3) is 0 Å². The molecule has 1 amide bonds. The molecule has 5 nitrogen and oxygen atoms in total. The summed E-state index contributed by atoms with van der Waals surface area (Å²) in [6.45, 7) is 3.28. The second-order valence-electron chi connectivity index (χ2n) is 4.28. The van der Waals surface area contributed by atoms with Gasteiger partial charge in [-0.05, 0) is 12.1 Å². The zero-order valence-corrected chi connectivity index (χ0v) is 10.8. The minimum Gasteiger partial charge on any atom is -0.387 e. The van der Waals surface area contributed by atoms with Crippen LogP contribution in [-0.4, -0.2) is 58.6 Å². The average molecular weight is 270 g/mol. The van der Waals surface area contributed by atoms with Gasteiger partial charge < -0.3 is 10.0 Å². The van der Waals surface area contributed by atoms with Gasteiger partial charge in [0.25, 0.3) is 0 Å². The molecule has 0 bridgehead atoms. The molecule has 0 aliphatic carbocycles. The van der Waals surface area contributed by atoms with Gasteiger partial charge in [-0.1, -0.05) is 11.6 Å². The van der Waals surface area contributed by atoms with E-state index in [1.54, 1.807) is 11.1 Å². The number of hydrogen-bond donors (Lipinski definition) is 1. The Hall–Kier alpha value is -1.17. The number of rotatable bonds is 3. The maximum absolute atomic E-state index is 11.3. The third kappa shape index (κ3) is 3.41. The minimum atomic E-state index is -0.404. The van der Waals surface area contributed by atoms with Crippen LogP contribution in [0.4, 0.5) is 0 Å². The number of aliphatic hydroxyl groups excluding tert-OH is 1. The first-order chi connectivity index (χ1) is 8.69. The Morgan fingerprint density at radius 2 is 2.06 bits per heavy atom. The SMILES string of the molecule is O=C(CO)N1CCN(Cc2ccc(Cl)cn2)CC1. The standard InChI is InChI=1S/C12H16ClN3O2/c13-10-1-2-11(14-7-10)8-15-3-5-16(6-4-15)12(18)9-17/h1-2,7,17H,3-6,8-9H2. The summed E-state index contributed by atoms with van der Waals surface area (Å²) in [5.74, 6) is -0.195. The van der Waals surface area contributed by atoms with Crippen molar-refractivity contribution in [1.82, 2.24) is 14.8 Å². The van der Waals surface area contributed by atoms with Crippen molar-refractivity contribution in [2.45, 2.75) is 6.54 Å². The summed E-state index contributed by atoms with van der Waals surface area (Å²) in [5, 5.41) is 9.42. The lowest BCUT2D eigenvalue weighted by Gasteiger charge is -2.34. The highest BCUT2D eigenvalue weighted by Gasteiger charge is 2.20. The lowest BCUT2D eigenvalue weighted by molar-refractivity contribution is -0.136. The van der Waals surface area contributed by atoms with Crippen LogP contribution in [-0.2, 0) is 11.3 Å². The highest BCUT2D eigenvalue weighted by atomic mass is 35.5. The normalized spacial score (nSPS) is 16.9. The number of amides is 1. The van der Waals surface area contributed by atoms with E-state index in [2.05, 4.69) is 9.88 Å². The van der Waals surface area contributed by atoms with Crippen LogP contribution in [0.1, 0.15) is 5.69 Å². The Bertz CT molecular complexity index is 402. The van der Waals surface area contributed by atoms with E-state index >= 15 is 0 Å². The van der Waals surface area contributed by atoms with Crippen molar-refractivity contribution in [1.29, 1.82) is 0 Å². The van der Waals surface area contributed by atoms with E-state index < -0.39 is 6.61 Å². The quantitative estimate of drug-likeness (QED) is 0.862. The van der Waals surface area contributed by atoms with Gasteiger partial charge in [-0.15, -0.1) is 0 Å². The van der Waals surface area contributed by atoms with Crippen LogP contribution < -0.4 is 0 Å². The molecular weight excluding hydrogens is 254 g/mol. The van der Waals surface area contributed by atoms with Crippen molar-refractivity contribution in [2.24, 2.45) is 0 Å². The van der Waals surface area contributed by atoms with Gasteiger partial charge in [-0.25, -0.2) is 0 Å². The first-order valence-electron chi connectivity index (χ1n) is 5.90. The van der Waals surface area contributed by atoms with Gasteiger partial charge in [0, 0.05) is 38.9 Å². The summed E-state index contributed by atoms with van der Waals surface area (Å²) < 4.78 is 0. The zero-order valence-electron chi connectivity index (χ0n) is 10.0. The zero-order chi connectivity index (χ0) is 13.0. The summed E-state index contributed by atoms with van der Waals surface area (Å²) >= 11 is 5.78. The van der Waals surface area contributed by atoms with Crippen LogP contribution >= 0.6 is 11.6 Å². The van der Waals surface area contributed by atoms with Crippen LogP contribution in [0, 0.1) is 0 Å². The van der Waals surface area contributed by atoms with Gasteiger partial charge >= 0.3 is 0 Å². The summed E-state index contributed by atoms with van der Waals surface area (Å²) in [7, 11) is 0. The predicted molar refractivity (Wildman–Crippen MR) is 68.2 cm³/mol. The molecule has 0 unspecified atom stereocenters. The van der Waals surface area contributed by atoms with Gasteiger partial charge in [0.05, 0.1) is 10.7 Å². The molecular formula is C12H16ClN3O2. The van der Waals surface area contributed by atoms with Crippen molar-refractivity contribution in [2.75, 3.05) is 32.8 Å². The largest absolute Gasteiger partial charge is 0.387 e. The predicted octanol–water partition coefficient (Wildman–Crippen LogP) is 0.372. The van der Waals surface area contributed by atoms with Crippen molar-refractivity contribution in [3.05, 3.63) is 29.0 Å². The number of pyridine rings is 1. The first kappa shape index (κ1) is 13.3. The van der Waals surface area contributed by atoms with Gasteiger partial charge in [0.2, 0.25) is 5.91 Å². The number of halogens is 1. The number of piperazine rings is 1. The molecule has 1 aliphatic rings. The molecule has 1 aromatic heterocycles. The Kier molecular flexibility index (Phi) is 4.52. The molecule has 0 radical (unpaired) electrons. The highest BCUT2D eigenvalue weighted by Crippen LogP contribution is 2.10. The van der Waals surface area contributed by atoms with Gasteiger partial charge in [-0.3, -0.25) is 14.7 Å². The van der Waals surface area contributed by atoms with E-state index in [1.165, 1.54) is 0 Å². The van der Waals surface area contributed by atoms with E-state index in [0.717, 1.165) is 25.3 Å². The monoisotopic (exact) mass is 269 g/mol. The van der Waals surface area contributed by atoms with Gasteiger partial charge in [0.15, 0.2) is 0 Å². The molecule has 1 aromatic rings. The molecule has 1 saturated heterocycles. The Morgan fingerprint density at radius 1 is 1.33 bits per heavy atom. The fourth-order valence-corrected chi connectivity index (χ4v) is 2.10. The molecule has 98 valence electrons. The molecule has 18 heavy (non-hydrogen) atoms. The smallest absolute Gasteiger partial charge is 0.248 e. The van der Waals surface area contributed by atoms with Crippen molar-refractivity contribution in [3.63, 3.8) is 0 Å². The topological polar surface area (TPSA) is 56.7 Å². The second-order valence-corrected chi connectivity index (χ2v) is 4.72. The van der Waals surface area contributed by atoms with Crippen molar-refractivity contribution in [3.8, 4) is 0 Å². The third-order valence-corrected chi connectivity index (χ3v) is 3.26. The van der Waals surface area contributed by atoms with E-state index in [4.69, 9.17) is 16.7 Å². The molecule has 2 heterocycles. The van der Waals surface area contributed by atoms with E-state index in [1.807, 2.05) is 12.1 Å². The molecule has 6 heteroatoms. The maximum Gasteiger partial charge on any atom is 0.248 e. The summed E-state index contributed by atoms with van der Waals surface area (Å²) in [4.78, 5) is 19.5. The molecule has 1 fully saturated rings. The second kappa shape index (κ2) is 6.13. The van der Waals surface area contributed by atoms with Crippen molar-refractivity contribution < 1.29 is 9.90 Å². The summed E-state index contributed by atoms with van der Waals surface area (Å²) in [6, 6.07) is 3.74. The molecule has 2 rings (SSSR count). The number of aromatic nitrogens is 1. The Morgan fingerprint density at radius 3 is 2.61 bits per heavy atom. The molecule has 0 atom stereocenters. The first-order valence-corrected chi connectivity index (χ1v) is 6.28. The highest BCUT2D eigenvalue weighted by molar-refractivity contribution is 6.30. The average Bonchev–Trinajstić information content (AvgIpc) is 2.41. The molecule has 0 spiro atoms. The number of carbonyl (C=O) groups excluding carboxylic acids is 1. The summed E-state index contributed by atoms with van der Waals surface area (Å²) in [5.41, 5.74) is 0.973. The number of aliphatic hydroxyl groups is 1. The number of carbonyl (C=O) groups is 1. The lowest BCUT2D eigenvalue weighted by Crippen LogP contribution is -2.49. The van der Waals surface area contributed by atoms with Crippen LogP contribution in [0.5, 0.6) is 0 Å². The van der Waals surface area contributed by atoms with E-state index in [-0.39, 0.29) is 5.91 Å².